The molecule has 8 heteroatoms. The van der Waals surface area contributed by atoms with Crippen LogP contribution in [0.1, 0.15) is 6.92 Å². The molecule has 0 saturated heterocycles. The summed E-state index contributed by atoms with van der Waals surface area (Å²) in [6, 6.07) is 11.5. The van der Waals surface area contributed by atoms with Gasteiger partial charge in [0.25, 0.3) is 11.8 Å². The monoisotopic (exact) mass is 410 g/mol. The van der Waals surface area contributed by atoms with Crippen LogP contribution in [0.25, 0.3) is 0 Å². The number of imide groups is 1. The van der Waals surface area contributed by atoms with Crippen LogP contribution < -0.4 is 15.0 Å². The van der Waals surface area contributed by atoms with Gasteiger partial charge in [-0.1, -0.05) is 46.9 Å². The van der Waals surface area contributed by atoms with Crippen molar-refractivity contribution in [3.05, 3.63) is 63.2 Å². The number of rotatable bonds is 5. The standard InChI is InChI=1S/C18H13Cl3N2O3/c1-2-26-14-6-4-3-5-12(14)22-16-15(21)17(24)23(18(16)25)13-8-7-10(19)9-11(13)20/h3-9,22H,2H2,1H3. The molecule has 0 radical (unpaired) electrons. The first kappa shape index (κ1) is 18.6. The summed E-state index contributed by atoms with van der Waals surface area (Å²) in [7, 11) is 0. The van der Waals surface area contributed by atoms with E-state index in [4.69, 9.17) is 39.5 Å². The van der Waals surface area contributed by atoms with Crippen molar-refractivity contribution in [1.29, 1.82) is 0 Å². The lowest BCUT2D eigenvalue weighted by Gasteiger charge is -2.17. The lowest BCUT2D eigenvalue weighted by molar-refractivity contribution is -0.120. The fourth-order valence-corrected chi connectivity index (χ4v) is 3.18. The van der Waals surface area contributed by atoms with Crippen LogP contribution in [0.3, 0.4) is 0 Å². The zero-order valence-electron chi connectivity index (χ0n) is 13.6. The molecular weight excluding hydrogens is 399 g/mol. The van der Waals surface area contributed by atoms with Gasteiger partial charge in [-0.05, 0) is 37.3 Å². The molecule has 2 aromatic rings. The van der Waals surface area contributed by atoms with Crippen molar-refractivity contribution in [2.45, 2.75) is 6.92 Å². The number of hydrogen-bond donors (Lipinski definition) is 1. The summed E-state index contributed by atoms with van der Waals surface area (Å²) in [6.45, 7) is 2.29. The summed E-state index contributed by atoms with van der Waals surface area (Å²) >= 11 is 18.1. The lowest BCUT2D eigenvalue weighted by atomic mass is 10.2. The highest BCUT2D eigenvalue weighted by Crippen LogP contribution is 2.36. The minimum atomic E-state index is -0.669. The summed E-state index contributed by atoms with van der Waals surface area (Å²) in [4.78, 5) is 26.2. The van der Waals surface area contributed by atoms with E-state index in [1.807, 2.05) is 6.92 Å². The van der Waals surface area contributed by atoms with Gasteiger partial charge in [0.15, 0.2) is 0 Å². The third kappa shape index (κ3) is 3.38. The lowest BCUT2D eigenvalue weighted by Crippen LogP contribution is -2.32. The highest BCUT2D eigenvalue weighted by atomic mass is 35.5. The summed E-state index contributed by atoms with van der Waals surface area (Å²) in [5.41, 5.74) is 0.682. The van der Waals surface area contributed by atoms with Crippen LogP contribution in [0, 0.1) is 0 Å². The van der Waals surface area contributed by atoms with Crippen molar-refractivity contribution in [2.24, 2.45) is 0 Å². The summed E-state index contributed by atoms with van der Waals surface area (Å²) in [5.74, 6) is -0.747. The number of para-hydroxylation sites is 2. The van der Waals surface area contributed by atoms with E-state index in [1.165, 1.54) is 18.2 Å². The quantitative estimate of drug-likeness (QED) is 0.716. The first-order valence-corrected chi connectivity index (χ1v) is 8.80. The smallest absolute Gasteiger partial charge is 0.283 e. The van der Waals surface area contributed by atoms with Gasteiger partial charge < -0.3 is 10.1 Å². The maximum Gasteiger partial charge on any atom is 0.283 e. The number of carbonyl (C=O) groups excluding carboxylic acids is 2. The van der Waals surface area contributed by atoms with Crippen molar-refractivity contribution < 1.29 is 14.3 Å². The molecule has 5 nitrogen and oxygen atoms in total. The number of amides is 2. The molecule has 0 spiro atoms. The zero-order valence-corrected chi connectivity index (χ0v) is 15.8. The summed E-state index contributed by atoms with van der Waals surface area (Å²) < 4.78 is 5.51. The molecule has 1 heterocycles. The van der Waals surface area contributed by atoms with Crippen LogP contribution >= 0.6 is 34.8 Å². The highest BCUT2D eigenvalue weighted by molar-refractivity contribution is 6.54. The third-order valence-corrected chi connectivity index (χ3v) is 4.51. The molecule has 0 aromatic heterocycles. The number of nitrogens with zero attached hydrogens (tertiary/aromatic N) is 1. The van der Waals surface area contributed by atoms with Crippen LogP contribution in [0.2, 0.25) is 10.0 Å². The number of halogens is 3. The van der Waals surface area contributed by atoms with Crippen LogP contribution in [0.15, 0.2) is 53.2 Å². The van der Waals surface area contributed by atoms with Crippen molar-refractivity contribution in [3.63, 3.8) is 0 Å². The fourth-order valence-electron chi connectivity index (χ4n) is 2.48. The Morgan fingerprint density at radius 3 is 2.46 bits per heavy atom. The van der Waals surface area contributed by atoms with Crippen LogP contribution in [0.5, 0.6) is 5.75 Å². The molecule has 0 atom stereocenters. The van der Waals surface area contributed by atoms with E-state index in [0.29, 0.717) is 23.1 Å². The van der Waals surface area contributed by atoms with E-state index in [9.17, 15) is 9.59 Å². The molecule has 3 rings (SSSR count). The van der Waals surface area contributed by atoms with Gasteiger partial charge in [0, 0.05) is 5.02 Å². The minimum Gasteiger partial charge on any atom is -0.492 e. The number of hydrogen-bond acceptors (Lipinski definition) is 4. The van der Waals surface area contributed by atoms with Gasteiger partial charge in [-0.25, -0.2) is 4.90 Å². The fraction of sp³-hybridized carbons (Fsp3) is 0.111. The average Bonchev–Trinajstić information content (AvgIpc) is 2.81. The zero-order chi connectivity index (χ0) is 18.8. The van der Waals surface area contributed by atoms with Crippen molar-refractivity contribution >= 4 is 58.0 Å². The van der Waals surface area contributed by atoms with E-state index >= 15 is 0 Å². The van der Waals surface area contributed by atoms with E-state index < -0.39 is 11.8 Å². The number of benzene rings is 2. The summed E-state index contributed by atoms with van der Waals surface area (Å²) in [6.07, 6.45) is 0. The molecule has 0 saturated carbocycles. The molecule has 134 valence electrons. The van der Waals surface area contributed by atoms with Crippen molar-refractivity contribution in [3.8, 4) is 5.75 Å². The van der Waals surface area contributed by atoms with Crippen molar-refractivity contribution in [1.82, 2.24) is 0 Å². The molecule has 1 aliphatic rings. The Morgan fingerprint density at radius 1 is 1.04 bits per heavy atom. The number of anilines is 2. The molecule has 2 aromatic carbocycles. The predicted molar refractivity (Wildman–Crippen MR) is 103 cm³/mol. The van der Waals surface area contributed by atoms with Crippen LogP contribution in [-0.2, 0) is 9.59 Å². The maximum atomic E-state index is 12.8. The molecule has 1 aliphatic heterocycles. The van der Waals surface area contributed by atoms with E-state index in [2.05, 4.69) is 5.32 Å². The maximum absolute atomic E-state index is 12.8. The molecule has 0 aliphatic carbocycles. The first-order valence-electron chi connectivity index (χ1n) is 7.66. The average molecular weight is 412 g/mol. The molecule has 0 bridgehead atoms. The van der Waals surface area contributed by atoms with Gasteiger partial charge in [-0.2, -0.15) is 0 Å². The largest absolute Gasteiger partial charge is 0.492 e. The van der Waals surface area contributed by atoms with E-state index in [0.717, 1.165) is 4.90 Å². The third-order valence-electron chi connectivity index (χ3n) is 3.62. The molecule has 0 unspecified atom stereocenters. The Balaban J connectivity index is 1.95. The highest BCUT2D eigenvalue weighted by Gasteiger charge is 2.40. The van der Waals surface area contributed by atoms with Gasteiger partial charge >= 0.3 is 0 Å². The molecule has 26 heavy (non-hydrogen) atoms. The van der Waals surface area contributed by atoms with Crippen LogP contribution in [-0.4, -0.2) is 18.4 Å². The van der Waals surface area contributed by atoms with E-state index in [1.54, 1.807) is 24.3 Å². The normalized spacial score (nSPS) is 14.2. The molecule has 0 fully saturated rings. The predicted octanol–water partition coefficient (Wildman–Crippen LogP) is 4.83. The van der Waals surface area contributed by atoms with Crippen molar-refractivity contribution in [2.75, 3.05) is 16.8 Å². The first-order chi connectivity index (χ1) is 12.4. The molecular formula is C18H13Cl3N2O3. The summed E-state index contributed by atoms with van der Waals surface area (Å²) in [5, 5.41) is 3.22. The van der Waals surface area contributed by atoms with Crippen LogP contribution in [0.4, 0.5) is 11.4 Å². The Kier molecular flexibility index (Phi) is 5.41. The van der Waals surface area contributed by atoms with Gasteiger partial charge in [0.1, 0.15) is 16.5 Å². The Hall–Kier alpha value is -2.21. The van der Waals surface area contributed by atoms with Gasteiger partial charge in [-0.3, -0.25) is 9.59 Å². The Morgan fingerprint density at radius 2 is 1.77 bits per heavy atom. The van der Waals surface area contributed by atoms with E-state index in [-0.39, 0.29) is 21.4 Å². The number of nitrogens with one attached hydrogen (secondary N) is 1. The minimum absolute atomic E-state index is 0.0464. The molecule has 1 N–H and O–H groups in total. The second kappa shape index (κ2) is 7.58. The van der Waals surface area contributed by atoms with Gasteiger partial charge in [0.05, 0.1) is 23.0 Å². The second-order valence-electron chi connectivity index (χ2n) is 5.28. The van der Waals surface area contributed by atoms with Gasteiger partial charge in [0.2, 0.25) is 0 Å². The second-order valence-corrected chi connectivity index (χ2v) is 6.51. The molecule has 2 amide bonds. The SMILES string of the molecule is CCOc1ccccc1NC1=C(Cl)C(=O)N(c2ccc(Cl)cc2Cl)C1=O. The Bertz CT molecular complexity index is 928. The van der Waals surface area contributed by atoms with Gasteiger partial charge in [-0.15, -0.1) is 0 Å². The topological polar surface area (TPSA) is 58.6 Å². The Labute approximate surface area is 165 Å². The number of ether oxygens (including phenoxy) is 1. The number of carbonyl (C=O) groups is 2.